The van der Waals surface area contributed by atoms with E-state index in [2.05, 4.69) is 4.90 Å². The number of halogens is 6. The minimum absolute atomic E-state index is 0.00939. The summed E-state index contributed by atoms with van der Waals surface area (Å²) in [5, 5.41) is -1.27. The van der Waals surface area contributed by atoms with Gasteiger partial charge in [0.25, 0.3) is 5.91 Å². The SMILES string of the molecule is O=C(NS(=O)(=O)C1CC1)c1cc(C2CC2)c(CN2C3CCC2CC(Oc2cc(C(F)(F)F)cc(Cl)c2F)C3)cc1F. The number of ether oxygens (including phenoxy) is 1. The molecule has 1 amide bonds. The first-order chi connectivity index (χ1) is 19.3. The monoisotopic (exact) mass is 618 g/mol. The molecular formula is C28H28ClF5N2O4S. The van der Waals surface area contributed by atoms with Gasteiger partial charge in [-0.1, -0.05) is 11.6 Å². The molecule has 2 aliphatic heterocycles. The minimum Gasteiger partial charge on any atom is -0.487 e. The van der Waals surface area contributed by atoms with Crippen LogP contribution < -0.4 is 9.46 Å². The fourth-order valence-corrected chi connectivity index (χ4v) is 7.63. The van der Waals surface area contributed by atoms with Crippen molar-refractivity contribution >= 4 is 27.5 Å². The number of nitrogens with zero attached hydrogens (tertiary/aromatic N) is 1. The Balaban J connectivity index is 1.18. The fraction of sp³-hybridized carbons (Fsp3) is 0.536. The molecule has 2 aromatic carbocycles. The normalized spacial score (nSPS) is 24.9. The number of alkyl halides is 3. The lowest BCUT2D eigenvalue weighted by Gasteiger charge is -2.39. The van der Waals surface area contributed by atoms with E-state index in [9.17, 15) is 30.8 Å². The van der Waals surface area contributed by atoms with Crippen LogP contribution in [-0.4, -0.2) is 42.7 Å². The Morgan fingerprint density at radius 2 is 1.66 bits per heavy atom. The van der Waals surface area contributed by atoms with Gasteiger partial charge in [0.2, 0.25) is 10.0 Å². The Hall–Kier alpha value is -2.44. The van der Waals surface area contributed by atoms with Gasteiger partial charge in [0.1, 0.15) is 11.9 Å². The van der Waals surface area contributed by atoms with Crippen molar-refractivity contribution in [2.24, 2.45) is 0 Å². The zero-order valence-corrected chi connectivity index (χ0v) is 23.4. The van der Waals surface area contributed by atoms with E-state index < -0.39 is 61.4 Å². The summed E-state index contributed by atoms with van der Waals surface area (Å²) >= 11 is 5.71. The number of amides is 1. The average molecular weight is 619 g/mol. The maximum Gasteiger partial charge on any atom is 0.416 e. The van der Waals surface area contributed by atoms with Crippen molar-refractivity contribution in [3.8, 4) is 5.75 Å². The summed E-state index contributed by atoms with van der Waals surface area (Å²) in [7, 11) is -3.82. The van der Waals surface area contributed by atoms with Gasteiger partial charge in [-0.2, -0.15) is 13.2 Å². The average Bonchev–Trinajstić information content (AvgIpc) is 3.79. The van der Waals surface area contributed by atoms with Gasteiger partial charge in [0.05, 0.1) is 21.4 Å². The zero-order valence-electron chi connectivity index (χ0n) is 21.8. The second kappa shape index (κ2) is 10.4. The molecule has 41 heavy (non-hydrogen) atoms. The fourth-order valence-electron chi connectivity index (χ4n) is 6.13. The highest BCUT2D eigenvalue weighted by Gasteiger charge is 2.43. The van der Waals surface area contributed by atoms with Crippen molar-refractivity contribution in [2.75, 3.05) is 0 Å². The van der Waals surface area contributed by atoms with E-state index in [1.807, 2.05) is 4.72 Å². The van der Waals surface area contributed by atoms with Gasteiger partial charge in [-0.25, -0.2) is 21.9 Å². The van der Waals surface area contributed by atoms with Crippen LogP contribution in [0.3, 0.4) is 0 Å². The molecule has 6 nitrogen and oxygen atoms in total. The van der Waals surface area contributed by atoms with Crippen LogP contribution in [0.25, 0.3) is 0 Å². The lowest BCUT2D eigenvalue weighted by Crippen LogP contribution is -2.46. The quantitative estimate of drug-likeness (QED) is 0.351. The van der Waals surface area contributed by atoms with E-state index in [1.165, 1.54) is 12.1 Å². The molecule has 2 heterocycles. The third-order valence-electron chi connectivity index (χ3n) is 8.50. The standard InChI is InChI=1S/C28H28ClF5N2O4S/c29-23-8-16(28(32,33)34)9-25(26(23)31)40-19-10-17-3-4-18(11-19)36(17)13-15-7-24(30)22(12-21(15)14-1-2-14)27(37)35-41(38,39)20-5-6-20/h7-9,12,14,17-20H,1-6,10-11,13H2,(H,35,37). The van der Waals surface area contributed by atoms with Gasteiger partial charge in [-0.3, -0.25) is 9.69 Å². The van der Waals surface area contributed by atoms with Crippen molar-refractivity contribution in [1.29, 1.82) is 0 Å². The Bertz CT molecular complexity index is 1480. The van der Waals surface area contributed by atoms with Gasteiger partial charge in [0, 0.05) is 18.6 Å². The highest BCUT2D eigenvalue weighted by atomic mass is 35.5. The van der Waals surface area contributed by atoms with Crippen LogP contribution in [0, 0.1) is 11.6 Å². The van der Waals surface area contributed by atoms with E-state index in [-0.39, 0.29) is 23.6 Å². The number of fused-ring (bicyclic) bond motifs is 2. The molecule has 0 spiro atoms. The number of benzene rings is 2. The summed E-state index contributed by atoms with van der Waals surface area (Å²) < 4.78 is 102. The van der Waals surface area contributed by atoms with Crippen LogP contribution in [0.5, 0.6) is 5.75 Å². The second-order valence-corrected chi connectivity index (χ2v) is 13.9. The molecule has 2 saturated carbocycles. The first kappa shape index (κ1) is 28.7. The van der Waals surface area contributed by atoms with Crippen LogP contribution in [0.2, 0.25) is 5.02 Å². The third-order valence-corrected chi connectivity index (χ3v) is 10.6. The largest absolute Gasteiger partial charge is 0.487 e. The van der Waals surface area contributed by atoms with Gasteiger partial charge in [-0.05, 0) is 92.7 Å². The van der Waals surface area contributed by atoms with Crippen molar-refractivity contribution in [2.45, 2.75) is 93.4 Å². The molecule has 0 aromatic heterocycles. The van der Waals surface area contributed by atoms with E-state index in [0.29, 0.717) is 44.4 Å². The van der Waals surface area contributed by atoms with Crippen molar-refractivity contribution in [3.05, 3.63) is 63.2 Å². The molecule has 2 aromatic rings. The van der Waals surface area contributed by atoms with E-state index in [1.54, 1.807) is 0 Å². The minimum atomic E-state index is -4.70. The van der Waals surface area contributed by atoms with Crippen LogP contribution in [0.4, 0.5) is 22.0 Å². The summed E-state index contributed by atoms with van der Waals surface area (Å²) in [6.07, 6.45) is 0.00454. The molecule has 4 fully saturated rings. The number of carbonyl (C=O) groups excluding carboxylic acids is 1. The van der Waals surface area contributed by atoms with Crippen LogP contribution in [0.15, 0.2) is 24.3 Å². The van der Waals surface area contributed by atoms with E-state index >= 15 is 4.39 Å². The summed E-state index contributed by atoms with van der Waals surface area (Å²) in [5.41, 5.74) is 0.158. The van der Waals surface area contributed by atoms with Crippen LogP contribution in [-0.2, 0) is 22.7 Å². The lowest BCUT2D eigenvalue weighted by atomic mass is 9.95. The highest BCUT2D eigenvalue weighted by Crippen LogP contribution is 2.45. The van der Waals surface area contributed by atoms with Crippen molar-refractivity contribution in [1.82, 2.24) is 9.62 Å². The van der Waals surface area contributed by atoms with Crippen molar-refractivity contribution < 1.29 is 39.9 Å². The van der Waals surface area contributed by atoms with E-state index in [4.69, 9.17) is 16.3 Å². The molecule has 2 atom stereocenters. The number of rotatable bonds is 8. The van der Waals surface area contributed by atoms with Gasteiger partial charge < -0.3 is 4.74 Å². The number of piperidine rings is 1. The zero-order chi connectivity index (χ0) is 29.3. The number of hydrogen-bond donors (Lipinski definition) is 1. The number of sulfonamides is 1. The topological polar surface area (TPSA) is 75.7 Å². The molecule has 222 valence electrons. The molecule has 1 N–H and O–H groups in total. The number of nitrogens with one attached hydrogen (secondary N) is 1. The molecule has 6 rings (SSSR count). The molecule has 0 radical (unpaired) electrons. The Morgan fingerprint density at radius 1 is 1.00 bits per heavy atom. The molecule has 2 saturated heterocycles. The maximum atomic E-state index is 15.2. The summed E-state index contributed by atoms with van der Waals surface area (Å²) in [6.45, 7) is 0.400. The van der Waals surface area contributed by atoms with Crippen LogP contribution in [0.1, 0.15) is 84.3 Å². The first-order valence-electron chi connectivity index (χ1n) is 13.7. The summed E-state index contributed by atoms with van der Waals surface area (Å²) in [4.78, 5) is 14.9. The third kappa shape index (κ3) is 5.92. The van der Waals surface area contributed by atoms with Crippen molar-refractivity contribution in [3.63, 3.8) is 0 Å². The van der Waals surface area contributed by atoms with Gasteiger partial charge in [-0.15, -0.1) is 0 Å². The number of carbonyl (C=O) groups is 1. The number of hydrogen-bond acceptors (Lipinski definition) is 5. The molecule has 2 bridgehead atoms. The van der Waals surface area contributed by atoms with Gasteiger partial charge >= 0.3 is 6.18 Å². The Labute approximate surface area is 239 Å². The lowest BCUT2D eigenvalue weighted by molar-refractivity contribution is -0.137. The Morgan fingerprint density at radius 3 is 2.24 bits per heavy atom. The molecule has 4 aliphatic rings. The first-order valence-corrected chi connectivity index (χ1v) is 15.6. The smallest absolute Gasteiger partial charge is 0.416 e. The van der Waals surface area contributed by atoms with Gasteiger partial charge in [0.15, 0.2) is 11.6 Å². The highest BCUT2D eigenvalue weighted by molar-refractivity contribution is 7.91. The predicted molar refractivity (Wildman–Crippen MR) is 140 cm³/mol. The van der Waals surface area contributed by atoms with Crippen LogP contribution >= 0.6 is 11.6 Å². The molecular weight excluding hydrogens is 591 g/mol. The molecule has 2 unspecified atom stereocenters. The molecule has 2 aliphatic carbocycles. The maximum absolute atomic E-state index is 15.2. The summed E-state index contributed by atoms with van der Waals surface area (Å²) in [5.74, 6) is -3.17. The summed E-state index contributed by atoms with van der Waals surface area (Å²) in [6, 6.07) is 3.93. The second-order valence-electron chi connectivity index (χ2n) is 11.5. The predicted octanol–water partition coefficient (Wildman–Crippen LogP) is 6.31. The molecule has 13 heteroatoms. The Kier molecular flexibility index (Phi) is 7.26. The van der Waals surface area contributed by atoms with E-state index in [0.717, 1.165) is 36.8 Å².